The van der Waals surface area contributed by atoms with Gasteiger partial charge in [-0.15, -0.1) is 0 Å². The summed E-state index contributed by atoms with van der Waals surface area (Å²) in [4.78, 5) is 38.3. The molecule has 0 aromatic rings. The molecule has 0 bridgehead atoms. The maximum Gasteiger partial charge on any atom is 0.306 e. The number of esters is 3. The molecule has 6 nitrogen and oxygen atoms in total. The number of hydrogen-bond donors (Lipinski definition) is 0. The second-order valence-corrected chi connectivity index (χ2v) is 22.0. The van der Waals surface area contributed by atoms with E-state index in [2.05, 4.69) is 130 Å². The van der Waals surface area contributed by atoms with Crippen molar-refractivity contribution < 1.29 is 28.6 Å². The van der Waals surface area contributed by atoms with Crippen molar-refractivity contribution in [3.05, 3.63) is 109 Å². The molecule has 0 aliphatic carbocycles. The van der Waals surface area contributed by atoms with E-state index < -0.39 is 6.10 Å². The fourth-order valence-corrected chi connectivity index (χ4v) is 9.29. The lowest BCUT2D eigenvalue weighted by Gasteiger charge is -2.18. The van der Waals surface area contributed by atoms with Gasteiger partial charge in [0.05, 0.1) is 0 Å². The van der Waals surface area contributed by atoms with Crippen molar-refractivity contribution in [1.82, 2.24) is 0 Å². The summed E-state index contributed by atoms with van der Waals surface area (Å²) in [5.74, 6) is -0.887. The van der Waals surface area contributed by atoms with Gasteiger partial charge in [0.2, 0.25) is 0 Å². The second kappa shape index (κ2) is 66.6. The molecule has 79 heavy (non-hydrogen) atoms. The van der Waals surface area contributed by atoms with Gasteiger partial charge < -0.3 is 14.2 Å². The van der Waals surface area contributed by atoms with Crippen LogP contribution in [-0.4, -0.2) is 37.2 Å². The van der Waals surface area contributed by atoms with E-state index in [1.54, 1.807) is 0 Å². The third kappa shape index (κ3) is 64.8. The third-order valence-corrected chi connectivity index (χ3v) is 14.2. The van der Waals surface area contributed by atoms with Crippen LogP contribution in [0.5, 0.6) is 0 Å². The summed E-state index contributed by atoms with van der Waals surface area (Å²) >= 11 is 0. The Labute approximate surface area is 489 Å². The number of carbonyl (C=O) groups is 3. The average Bonchev–Trinajstić information content (AvgIpc) is 3.45. The molecule has 0 fully saturated rings. The molecule has 0 amide bonds. The standard InChI is InChI=1S/C73H124O6/c1-4-7-10-13-16-19-22-25-27-28-29-30-31-32-33-34-35-36-37-38-39-40-41-42-43-44-46-48-51-54-57-60-63-66-72(75)78-69-70(68-77-71(74)65-62-59-56-53-50-47-24-21-18-15-12-9-6-3)79-73(76)67-64-61-58-55-52-49-45-26-23-20-17-14-11-8-5-2/h7,10,12,15-16,19,21,24-25,27,29-30,32-33,35-36,38-39,70H,4-6,8-9,11,13-14,17-18,20,22-23,26,28,31,34,37,40-69H2,1-3H3/b10-7-,15-12-,19-16-,24-21-,27-25-,30-29-,33-32-,36-35-,39-38-. The molecule has 0 aliphatic heterocycles. The zero-order valence-corrected chi connectivity index (χ0v) is 51.9. The van der Waals surface area contributed by atoms with Crippen molar-refractivity contribution in [3.63, 3.8) is 0 Å². The van der Waals surface area contributed by atoms with Crippen molar-refractivity contribution in [2.24, 2.45) is 0 Å². The molecule has 1 unspecified atom stereocenters. The van der Waals surface area contributed by atoms with Gasteiger partial charge in [-0.25, -0.2) is 0 Å². The van der Waals surface area contributed by atoms with Crippen molar-refractivity contribution >= 4 is 17.9 Å². The van der Waals surface area contributed by atoms with Crippen molar-refractivity contribution in [1.29, 1.82) is 0 Å². The van der Waals surface area contributed by atoms with E-state index in [1.807, 2.05) is 0 Å². The molecule has 0 aliphatic rings. The molecule has 0 aromatic heterocycles. The van der Waals surface area contributed by atoms with Crippen LogP contribution in [0.15, 0.2) is 109 Å². The Bertz CT molecular complexity index is 1590. The van der Waals surface area contributed by atoms with E-state index in [4.69, 9.17) is 14.2 Å². The topological polar surface area (TPSA) is 78.9 Å². The van der Waals surface area contributed by atoms with Gasteiger partial charge >= 0.3 is 17.9 Å². The van der Waals surface area contributed by atoms with Crippen LogP contribution in [0, 0.1) is 0 Å². The second-order valence-electron chi connectivity index (χ2n) is 22.0. The molecule has 0 spiro atoms. The van der Waals surface area contributed by atoms with Gasteiger partial charge in [0.15, 0.2) is 6.10 Å². The Hall–Kier alpha value is -3.93. The summed E-state index contributed by atoms with van der Waals surface area (Å²) in [6.45, 7) is 6.47. The van der Waals surface area contributed by atoms with E-state index in [1.165, 1.54) is 148 Å². The zero-order valence-electron chi connectivity index (χ0n) is 51.9. The van der Waals surface area contributed by atoms with Crippen LogP contribution in [0.2, 0.25) is 0 Å². The number of carbonyl (C=O) groups excluding carboxylic acids is 3. The molecule has 0 saturated carbocycles. The van der Waals surface area contributed by atoms with Crippen LogP contribution in [0.4, 0.5) is 0 Å². The van der Waals surface area contributed by atoms with Crippen LogP contribution in [-0.2, 0) is 28.6 Å². The summed E-state index contributed by atoms with van der Waals surface area (Å²) in [7, 11) is 0. The highest BCUT2D eigenvalue weighted by molar-refractivity contribution is 5.71. The lowest BCUT2D eigenvalue weighted by molar-refractivity contribution is -0.167. The minimum absolute atomic E-state index is 0.0814. The fraction of sp³-hybridized carbons (Fsp3) is 0.712. The van der Waals surface area contributed by atoms with Gasteiger partial charge in [0.1, 0.15) is 13.2 Å². The van der Waals surface area contributed by atoms with Gasteiger partial charge in [-0.2, -0.15) is 0 Å². The van der Waals surface area contributed by atoms with Crippen molar-refractivity contribution in [2.75, 3.05) is 13.2 Å². The average molecular weight is 1100 g/mol. The summed E-state index contributed by atoms with van der Waals surface area (Å²) in [5.41, 5.74) is 0. The SMILES string of the molecule is CC/C=C\C/C=C\C/C=C\C/C=C\C/C=C\C/C=C\C/C=C\CCCCCCCCCCCCCC(=O)OCC(COC(=O)CCCCCCC/C=C\C/C=C\CCC)OC(=O)CCCCCCCCCCCCCCCCC. The Morgan fingerprint density at radius 1 is 0.266 bits per heavy atom. The fourth-order valence-electron chi connectivity index (χ4n) is 9.29. The first-order valence-electron chi connectivity index (χ1n) is 33.4. The summed E-state index contributed by atoms with van der Waals surface area (Å²) in [6, 6.07) is 0. The lowest BCUT2D eigenvalue weighted by Crippen LogP contribution is -2.30. The number of hydrogen-bond acceptors (Lipinski definition) is 6. The Morgan fingerprint density at radius 3 is 0.823 bits per heavy atom. The molecule has 0 N–H and O–H groups in total. The zero-order chi connectivity index (χ0) is 57.1. The molecule has 0 radical (unpaired) electrons. The first kappa shape index (κ1) is 75.1. The van der Waals surface area contributed by atoms with Gasteiger partial charge in [-0.3, -0.25) is 14.4 Å². The van der Waals surface area contributed by atoms with Crippen LogP contribution in [0.25, 0.3) is 0 Å². The molecular formula is C73H124O6. The predicted octanol–water partition coefficient (Wildman–Crippen LogP) is 23.0. The first-order chi connectivity index (χ1) is 39.0. The molecule has 0 rings (SSSR count). The van der Waals surface area contributed by atoms with Crippen molar-refractivity contribution in [2.45, 2.75) is 322 Å². The van der Waals surface area contributed by atoms with E-state index in [0.29, 0.717) is 19.3 Å². The largest absolute Gasteiger partial charge is 0.462 e. The summed E-state index contributed by atoms with van der Waals surface area (Å²) < 4.78 is 16.9. The van der Waals surface area contributed by atoms with Gasteiger partial charge in [0, 0.05) is 19.3 Å². The molecule has 0 heterocycles. The predicted molar refractivity (Wildman–Crippen MR) is 343 cm³/mol. The quantitative estimate of drug-likeness (QED) is 0.0261. The van der Waals surface area contributed by atoms with E-state index in [9.17, 15) is 14.4 Å². The van der Waals surface area contributed by atoms with Gasteiger partial charge in [0.25, 0.3) is 0 Å². The van der Waals surface area contributed by atoms with Crippen molar-refractivity contribution in [3.8, 4) is 0 Å². The highest BCUT2D eigenvalue weighted by Crippen LogP contribution is 2.17. The monoisotopic (exact) mass is 1100 g/mol. The minimum atomic E-state index is -0.784. The van der Waals surface area contributed by atoms with Crippen LogP contribution < -0.4 is 0 Å². The maximum absolute atomic E-state index is 12.9. The van der Waals surface area contributed by atoms with E-state index in [0.717, 1.165) is 128 Å². The first-order valence-corrected chi connectivity index (χ1v) is 33.4. The Morgan fingerprint density at radius 2 is 0.519 bits per heavy atom. The molecule has 6 heteroatoms. The Kier molecular flexibility index (Phi) is 63.3. The maximum atomic E-state index is 12.9. The number of rotatable bonds is 60. The third-order valence-electron chi connectivity index (χ3n) is 14.2. The molecule has 1 atom stereocenters. The van der Waals surface area contributed by atoms with Crippen LogP contribution in [0.1, 0.15) is 316 Å². The van der Waals surface area contributed by atoms with E-state index in [-0.39, 0.29) is 31.1 Å². The minimum Gasteiger partial charge on any atom is -0.462 e. The normalized spacial score (nSPS) is 12.8. The molecule has 452 valence electrons. The number of ether oxygens (including phenoxy) is 3. The van der Waals surface area contributed by atoms with Gasteiger partial charge in [-0.1, -0.05) is 304 Å². The van der Waals surface area contributed by atoms with E-state index >= 15 is 0 Å². The molecular weight excluding hydrogens is 973 g/mol. The summed E-state index contributed by atoms with van der Waals surface area (Å²) in [6.07, 6.45) is 91.0. The summed E-state index contributed by atoms with van der Waals surface area (Å²) in [5, 5.41) is 0. The van der Waals surface area contributed by atoms with Crippen LogP contribution in [0.3, 0.4) is 0 Å². The smallest absolute Gasteiger partial charge is 0.306 e. The van der Waals surface area contributed by atoms with Crippen LogP contribution >= 0.6 is 0 Å². The highest BCUT2D eigenvalue weighted by atomic mass is 16.6. The molecule has 0 aromatic carbocycles. The molecule has 0 saturated heterocycles. The Balaban J connectivity index is 4.21. The van der Waals surface area contributed by atoms with Gasteiger partial charge in [-0.05, 0) is 103 Å². The lowest BCUT2D eigenvalue weighted by atomic mass is 10.0. The number of unbranched alkanes of at least 4 members (excludes halogenated alkanes) is 31. The highest BCUT2D eigenvalue weighted by Gasteiger charge is 2.19. The number of allylic oxidation sites excluding steroid dienone is 18.